The summed E-state index contributed by atoms with van der Waals surface area (Å²) in [5, 5.41) is 0.687. The van der Waals surface area contributed by atoms with Gasteiger partial charge in [0.05, 0.1) is 5.69 Å². The monoisotopic (exact) mass is 427 g/mol. The van der Waals surface area contributed by atoms with Crippen molar-refractivity contribution in [3.63, 3.8) is 0 Å². The Hall–Kier alpha value is -1.84. The normalized spacial score (nSPS) is 15.8. The minimum atomic E-state index is -0.0483. The topological polar surface area (TPSA) is 22.0 Å². The van der Waals surface area contributed by atoms with E-state index in [1.165, 1.54) is 0 Å². The molecule has 0 amide bonds. The second-order valence-electron chi connectivity index (χ2n) is 7.66. The Labute approximate surface area is 166 Å². The molecule has 0 radical (unpaired) electrons. The van der Waals surface area contributed by atoms with Crippen molar-refractivity contribution in [1.29, 1.82) is 0 Å². The van der Waals surface area contributed by atoms with Crippen molar-refractivity contribution >= 4 is 33.3 Å². The number of nitrogens with zero attached hydrogens (tertiary/aromatic N) is 1. The van der Waals surface area contributed by atoms with Crippen LogP contribution in [0.25, 0.3) is 16.9 Å². The summed E-state index contributed by atoms with van der Waals surface area (Å²) in [5.74, 6) is 0.216. The van der Waals surface area contributed by atoms with Gasteiger partial charge in [0.25, 0.3) is 0 Å². The van der Waals surface area contributed by atoms with Crippen LogP contribution in [0.3, 0.4) is 0 Å². The molecule has 1 heterocycles. The van der Waals surface area contributed by atoms with Crippen LogP contribution < -0.4 is 0 Å². The van der Waals surface area contributed by atoms with E-state index in [0.29, 0.717) is 11.4 Å². The highest BCUT2D eigenvalue weighted by Gasteiger charge is 2.35. The molecular formula is C22H19BrClNO. The first-order chi connectivity index (χ1) is 12.3. The fraction of sp³-hybridized carbons (Fsp3) is 0.227. The summed E-state index contributed by atoms with van der Waals surface area (Å²) in [6, 6.07) is 18.0. The Kier molecular flexibility index (Phi) is 4.32. The molecule has 0 fully saturated rings. The van der Waals surface area contributed by atoms with Gasteiger partial charge in [0.15, 0.2) is 5.78 Å². The number of hydrogen-bond donors (Lipinski definition) is 0. The van der Waals surface area contributed by atoms with Crippen LogP contribution in [-0.2, 0) is 6.42 Å². The van der Waals surface area contributed by atoms with Crippen LogP contribution in [0.4, 0.5) is 0 Å². The minimum absolute atomic E-state index is 0.0483. The van der Waals surface area contributed by atoms with Gasteiger partial charge in [0.1, 0.15) is 0 Å². The van der Waals surface area contributed by atoms with Crippen LogP contribution >= 0.6 is 27.5 Å². The fourth-order valence-electron chi connectivity index (χ4n) is 3.78. The van der Waals surface area contributed by atoms with E-state index in [-0.39, 0.29) is 11.2 Å². The maximum Gasteiger partial charge on any atom is 0.165 e. The highest BCUT2D eigenvalue weighted by molar-refractivity contribution is 9.10. The second kappa shape index (κ2) is 6.40. The number of aromatic nitrogens is 1. The molecule has 0 bridgehead atoms. The van der Waals surface area contributed by atoms with Crippen molar-refractivity contribution in [3.8, 4) is 16.9 Å². The maximum atomic E-state index is 12.8. The van der Waals surface area contributed by atoms with Gasteiger partial charge in [-0.1, -0.05) is 59.6 Å². The minimum Gasteiger partial charge on any atom is -0.313 e. The molecule has 0 atom stereocenters. The molecule has 0 spiro atoms. The third kappa shape index (κ3) is 3.15. The number of hydrogen-bond acceptors (Lipinski definition) is 1. The van der Waals surface area contributed by atoms with E-state index < -0.39 is 0 Å². The average Bonchev–Trinajstić information content (AvgIpc) is 2.93. The lowest BCUT2D eigenvalue weighted by molar-refractivity contribution is 0.0911. The predicted molar refractivity (Wildman–Crippen MR) is 110 cm³/mol. The number of Topliss-reactive ketones (excluding diaryl/α,β-unsaturated/α-hetero) is 1. The van der Waals surface area contributed by atoms with Gasteiger partial charge < -0.3 is 4.57 Å². The molecule has 1 aliphatic carbocycles. The Morgan fingerprint density at radius 1 is 1.04 bits per heavy atom. The van der Waals surface area contributed by atoms with Crippen LogP contribution in [0.2, 0.25) is 5.02 Å². The number of ketones is 1. The first-order valence-corrected chi connectivity index (χ1v) is 9.81. The number of rotatable bonds is 2. The van der Waals surface area contributed by atoms with E-state index in [9.17, 15) is 4.79 Å². The molecule has 0 aliphatic heterocycles. The summed E-state index contributed by atoms with van der Waals surface area (Å²) in [4.78, 5) is 12.8. The predicted octanol–water partition coefficient (Wildman–Crippen LogP) is 6.72. The zero-order valence-corrected chi connectivity index (χ0v) is 17.1. The molecule has 2 nitrogen and oxygen atoms in total. The van der Waals surface area contributed by atoms with Gasteiger partial charge in [-0.25, -0.2) is 0 Å². The Morgan fingerprint density at radius 2 is 1.81 bits per heavy atom. The van der Waals surface area contributed by atoms with E-state index >= 15 is 0 Å². The van der Waals surface area contributed by atoms with E-state index in [1.807, 2.05) is 42.5 Å². The first-order valence-electron chi connectivity index (χ1n) is 8.64. The molecule has 0 N–H and O–H groups in total. The van der Waals surface area contributed by atoms with Crippen LogP contribution in [-0.4, -0.2) is 10.4 Å². The van der Waals surface area contributed by atoms with Gasteiger partial charge in [-0.3, -0.25) is 4.79 Å². The lowest BCUT2D eigenvalue weighted by Gasteiger charge is -2.30. The molecule has 4 rings (SSSR count). The summed E-state index contributed by atoms with van der Waals surface area (Å²) < 4.78 is 3.21. The quantitative estimate of drug-likeness (QED) is 0.444. The number of carbonyl (C=O) groups excluding carboxylic acids is 1. The lowest BCUT2D eigenvalue weighted by Crippen LogP contribution is -2.27. The standard InChI is InChI=1S/C22H19BrClNO/c1-22(2)12-20-18(21(26)13-22)11-19(14-5-3-6-15(23)9-14)25(20)17-8-4-7-16(24)10-17/h3-11H,12-13H2,1-2H3. The van der Waals surface area contributed by atoms with Crippen molar-refractivity contribution in [2.24, 2.45) is 5.41 Å². The van der Waals surface area contributed by atoms with Gasteiger partial charge in [0, 0.05) is 32.9 Å². The molecule has 2 aromatic carbocycles. The van der Waals surface area contributed by atoms with E-state index in [0.717, 1.165) is 39.1 Å². The van der Waals surface area contributed by atoms with E-state index in [4.69, 9.17) is 11.6 Å². The number of halogens is 2. The highest BCUT2D eigenvalue weighted by Crippen LogP contribution is 2.40. The van der Waals surface area contributed by atoms with Crippen LogP contribution in [0.1, 0.15) is 36.3 Å². The van der Waals surface area contributed by atoms with Gasteiger partial charge in [0.2, 0.25) is 0 Å². The summed E-state index contributed by atoms with van der Waals surface area (Å²) in [6.45, 7) is 4.31. The molecule has 3 aromatic rings. The smallest absolute Gasteiger partial charge is 0.165 e. The molecule has 0 saturated carbocycles. The van der Waals surface area contributed by atoms with Gasteiger partial charge in [-0.2, -0.15) is 0 Å². The fourth-order valence-corrected chi connectivity index (χ4v) is 4.37. The molecule has 1 aromatic heterocycles. The molecule has 0 unspecified atom stereocenters. The summed E-state index contributed by atoms with van der Waals surface area (Å²) in [7, 11) is 0. The van der Waals surface area contributed by atoms with Crippen molar-refractivity contribution in [3.05, 3.63) is 75.4 Å². The molecule has 132 valence electrons. The maximum absolute atomic E-state index is 12.8. The summed E-state index contributed by atoms with van der Waals surface area (Å²) >= 11 is 9.82. The van der Waals surface area contributed by atoms with Crippen LogP contribution in [0.5, 0.6) is 0 Å². The van der Waals surface area contributed by atoms with E-state index in [2.05, 4.69) is 46.5 Å². The van der Waals surface area contributed by atoms with Crippen molar-refractivity contribution < 1.29 is 4.79 Å². The third-order valence-corrected chi connectivity index (χ3v) is 5.60. The first kappa shape index (κ1) is 17.6. The number of fused-ring (bicyclic) bond motifs is 1. The molecular weight excluding hydrogens is 410 g/mol. The average molecular weight is 429 g/mol. The zero-order valence-electron chi connectivity index (χ0n) is 14.7. The Bertz CT molecular complexity index is 1020. The molecule has 1 aliphatic rings. The third-order valence-electron chi connectivity index (χ3n) is 4.88. The SMILES string of the molecule is CC1(C)CC(=O)c2cc(-c3cccc(Br)c3)n(-c3cccc(Cl)c3)c2C1. The van der Waals surface area contributed by atoms with Crippen molar-refractivity contribution in [2.45, 2.75) is 26.7 Å². The number of benzene rings is 2. The summed E-state index contributed by atoms with van der Waals surface area (Å²) in [6.07, 6.45) is 1.44. The molecule has 4 heteroatoms. The van der Waals surface area contributed by atoms with Gasteiger partial charge in [-0.05, 0) is 53.8 Å². The molecule has 26 heavy (non-hydrogen) atoms. The van der Waals surface area contributed by atoms with Gasteiger partial charge in [-0.15, -0.1) is 0 Å². The number of carbonyl (C=O) groups is 1. The second-order valence-corrected chi connectivity index (χ2v) is 9.01. The van der Waals surface area contributed by atoms with E-state index in [1.54, 1.807) is 0 Å². The summed E-state index contributed by atoms with van der Waals surface area (Å²) in [5.41, 5.74) is 4.93. The lowest BCUT2D eigenvalue weighted by atomic mass is 9.76. The van der Waals surface area contributed by atoms with Crippen LogP contribution in [0, 0.1) is 5.41 Å². The molecule has 0 saturated heterocycles. The van der Waals surface area contributed by atoms with Crippen molar-refractivity contribution in [2.75, 3.05) is 0 Å². The Morgan fingerprint density at radius 3 is 2.54 bits per heavy atom. The Balaban J connectivity index is 2.02. The largest absolute Gasteiger partial charge is 0.313 e. The van der Waals surface area contributed by atoms with Crippen LogP contribution in [0.15, 0.2) is 59.1 Å². The highest BCUT2D eigenvalue weighted by atomic mass is 79.9. The van der Waals surface area contributed by atoms with Crippen molar-refractivity contribution in [1.82, 2.24) is 4.57 Å². The zero-order chi connectivity index (χ0) is 18.5. The van der Waals surface area contributed by atoms with Gasteiger partial charge >= 0.3 is 0 Å².